The molecule has 0 saturated carbocycles. The Kier molecular flexibility index (Phi) is 4.46. The summed E-state index contributed by atoms with van der Waals surface area (Å²) in [6, 6.07) is 6.41. The number of guanidine groups is 1. The summed E-state index contributed by atoms with van der Waals surface area (Å²) in [4.78, 5) is 6.45. The number of rotatable bonds is 2. The number of hydrogen-bond acceptors (Lipinski definition) is 2. The van der Waals surface area contributed by atoms with Crippen molar-refractivity contribution in [3.05, 3.63) is 35.1 Å². The third-order valence-corrected chi connectivity index (χ3v) is 3.80. The largest absolute Gasteiger partial charge is 0.352 e. The molecule has 1 heterocycles. The molecule has 0 aliphatic carbocycles. The summed E-state index contributed by atoms with van der Waals surface area (Å²) in [5.74, 6) is 0.473. The number of aliphatic imine (C=N–C) groups is 1. The Morgan fingerprint density at radius 2 is 2.29 bits per heavy atom. The van der Waals surface area contributed by atoms with E-state index in [2.05, 4.69) is 29.1 Å². The molecule has 1 aliphatic rings. The van der Waals surface area contributed by atoms with Crippen LogP contribution in [0.1, 0.15) is 31.4 Å². The van der Waals surface area contributed by atoms with E-state index in [9.17, 15) is 4.39 Å². The Morgan fingerprint density at radius 1 is 1.52 bits per heavy atom. The van der Waals surface area contributed by atoms with E-state index in [1.54, 1.807) is 13.1 Å². The Balaban J connectivity index is 2.03. The van der Waals surface area contributed by atoms with Crippen LogP contribution in [0.5, 0.6) is 0 Å². The Labute approximate surface area is 125 Å². The number of hydrogen-bond donors (Lipinski definition) is 1. The van der Waals surface area contributed by atoms with Crippen molar-refractivity contribution in [2.45, 2.75) is 26.8 Å². The van der Waals surface area contributed by atoms with E-state index in [0.29, 0.717) is 17.7 Å². The van der Waals surface area contributed by atoms with E-state index >= 15 is 0 Å². The first-order valence-electron chi connectivity index (χ1n) is 7.09. The lowest BCUT2D eigenvalue weighted by Gasteiger charge is -2.23. The second-order valence-corrected chi connectivity index (χ2v) is 6.15. The summed E-state index contributed by atoms with van der Waals surface area (Å²) in [5.41, 5.74) is 1.23. The van der Waals surface area contributed by atoms with E-state index in [-0.39, 0.29) is 11.2 Å². The molecule has 2 rings (SSSR count). The van der Waals surface area contributed by atoms with E-state index < -0.39 is 0 Å². The van der Waals surface area contributed by atoms with Gasteiger partial charge in [-0.3, -0.25) is 4.99 Å². The molecular formula is C16H21FN4. The van der Waals surface area contributed by atoms with Gasteiger partial charge in [-0.2, -0.15) is 5.26 Å². The van der Waals surface area contributed by atoms with Gasteiger partial charge in [0.1, 0.15) is 5.82 Å². The minimum atomic E-state index is -0.307. The van der Waals surface area contributed by atoms with Gasteiger partial charge in [0.05, 0.1) is 11.6 Å². The topological polar surface area (TPSA) is 51.4 Å². The molecule has 1 aliphatic heterocycles. The minimum absolute atomic E-state index is 0.281. The number of nitrogens with zero attached hydrogens (tertiary/aromatic N) is 3. The molecule has 1 fully saturated rings. The summed E-state index contributed by atoms with van der Waals surface area (Å²) >= 11 is 0. The fraction of sp³-hybridized carbons (Fsp3) is 0.500. The number of nitrogens with one attached hydrogen (secondary N) is 1. The first-order chi connectivity index (χ1) is 9.95. The van der Waals surface area contributed by atoms with Gasteiger partial charge in [-0.1, -0.05) is 13.8 Å². The van der Waals surface area contributed by atoms with Crippen LogP contribution in [0, 0.1) is 22.6 Å². The van der Waals surface area contributed by atoms with Crippen molar-refractivity contribution in [3.63, 3.8) is 0 Å². The highest BCUT2D eigenvalue weighted by Crippen LogP contribution is 2.28. The summed E-state index contributed by atoms with van der Waals surface area (Å²) in [6.07, 6.45) is 1.12. The van der Waals surface area contributed by atoms with Gasteiger partial charge >= 0.3 is 0 Å². The zero-order chi connectivity index (χ0) is 15.5. The second-order valence-electron chi connectivity index (χ2n) is 6.15. The summed E-state index contributed by atoms with van der Waals surface area (Å²) < 4.78 is 13.8. The predicted octanol–water partition coefficient (Wildman–Crippen LogP) is 2.50. The maximum absolute atomic E-state index is 13.8. The molecule has 0 aromatic heterocycles. The summed E-state index contributed by atoms with van der Waals surface area (Å²) in [5, 5.41) is 12.1. The van der Waals surface area contributed by atoms with E-state index in [0.717, 1.165) is 25.5 Å². The van der Waals surface area contributed by atoms with Crippen molar-refractivity contribution in [1.29, 1.82) is 5.26 Å². The molecule has 1 N–H and O–H groups in total. The van der Waals surface area contributed by atoms with Crippen LogP contribution in [0.2, 0.25) is 0 Å². The van der Waals surface area contributed by atoms with Crippen molar-refractivity contribution >= 4 is 5.96 Å². The van der Waals surface area contributed by atoms with Gasteiger partial charge in [0.2, 0.25) is 0 Å². The van der Waals surface area contributed by atoms with E-state index in [4.69, 9.17) is 5.26 Å². The number of halogens is 1. The lowest BCUT2D eigenvalue weighted by Crippen LogP contribution is -2.40. The molecule has 0 amide bonds. The highest BCUT2D eigenvalue weighted by Gasteiger charge is 2.30. The van der Waals surface area contributed by atoms with Gasteiger partial charge in [-0.15, -0.1) is 0 Å². The van der Waals surface area contributed by atoms with Gasteiger partial charge in [-0.05, 0) is 30.0 Å². The molecule has 21 heavy (non-hydrogen) atoms. The van der Waals surface area contributed by atoms with Crippen LogP contribution < -0.4 is 5.32 Å². The van der Waals surface area contributed by atoms with Crippen LogP contribution in [0.25, 0.3) is 0 Å². The molecule has 5 heteroatoms. The first kappa shape index (κ1) is 15.3. The highest BCUT2D eigenvalue weighted by molar-refractivity contribution is 5.80. The zero-order valence-corrected chi connectivity index (χ0v) is 12.8. The SMILES string of the molecule is CN=C(NCc1cc(C#N)ccc1F)N1CCC(C)(C)C1. The monoisotopic (exact) mass is 288 g/mol. The fourth-order valence-corrected chi connectivity index (χ4v) is 2.58. The predicted molar refractivity (Wildman–Crippen MR) is 81.3 cm³/mol. The lowest BCUT2D eigenvalue weighted by atomic mass is 9.93. The Hall–Kier alpha value is -2.09. The second kappa shape index (κ2) is 6.13. The van der Waals surface area contributed by atoms with Crippen LogP contribution >= 0.6 is 0 Å². The average Bonchev–Trinajstić information content (AvgIpc) is 2.81. The molecule has 0 atom stereocenters. The van der Waals surface area contributed by atoms with Gasteiger partial charge in [0, 0.05) is 32.2 Å². The van der Waals surface area contributed by atoms with Gasteiger partial charge in [-0.25, -0.2) is 4.39 Å². The quantitative estimate of drug-likeness (QED) is 0.672. The van der Waals surface area contributed by atoms with Crippen LogP contribution in [0.4, 0.5) is 4.39 Å². The Morgan fingerprint density at radius 3 is 2.86 bits per heavy atom. The normalized spacial score (nSPS) is 17.7. The first-order valence-corrected chi connectivity index (χ1v) is 7.09. The molecule has 112 valence electrons. The third-order valence-electron chi connectivity index (χ3n) is 3.80. The Bertz CT molecular complexity index is 586. The molecule has 0 spiro atoms. The number of likely N-dealkylation sites (tertiary alicyclic amines) is 1. The molecule has 0 unspecified atom stereocenters. The van der Waals surface area contributed by atoms with Gasteiger partial charge in [0.25, 0.3) is 0 Å². The highest BCUT2D eigenvalue weighted by atomic mass is 19.1. The van der Waals surface area contributed by atoms with E-state index in [1.807, 2.05) is 6.07 Å². The standard InChI is InChI=1S/C16H21FN4/c1-16(2)6-7-21(11-16)15(19-3)20-10-13-8-12(9-18)4-5-14(13)17/h4-5,8H,6-7,10-11H2,1-3H3,(H,19,20). The molecule has 4 nitrogen and oxygen atoms in total. The van der Waals surface area contributed by atoms with Crippen LogP contribution in [-0.2, 0) is 6.54 Å². The fourth-order valence-electron chi connectivity index (χ4n) is 2.58. The minimum Gasteiger partial charge on any atom is -0.352 e. The average molecular weight is 288 g/mol. The molecule has 1 saturated heterocycles. The lowest BCUT2D eigenvalue weighted by molar-refractivity contribution is 0.370. The van der Waals surface area contributed by atoms with Crippen molar-refractivity contribution in [1.82, 2.24) is 10.2 Å². The zero-order valence-electron chi connectivity index (χ0n) is 12.8. The number of benzene rings is 1. The van der Waals surface area contributed by atoms with Crippen LogP contribution in [-0.4, -0.2) is 31.0 Å². The molecule has 1 aromatic carbocycles. The van der Waals surface area contributed by atoms with Crippen LogP contribution in [0.15, 0.2) is 23.2 Å². The molecule has 0 radical (unpaired) electrons. The van der Waals surface area contributed by atoms with Crippen molar-refractivity contribution < 1.29 is 4.39 Å². The van der Waals surface area contributed by atoms with E-state index in [1.165, 1.54) is 12.1 Å². The van der Waals surface area contributed by atoms with Crippen LogP contribution in [0.3, 0.4) is 0 Å². The summed E-state index contributed by atoms with van der Waals surface area (Å²) in [7, 11) is 1.73. The van der Waals surface area contributed by atoms with Gasteiger partial charge < -0.3 is 10.2 Å². The smallest absolute Gasteiger partial charge is 0.193 e. The maximum Gasteiger partial charge on any atom is 0.193 e. The molecular weight excluding hydrogens is 267 g/mol. The summed E-state index contributed by atoms with van der Waals surface area (Å²) in [6.45, 7) is 6.68. The van der Waals surface area contributed by atoms with Crippen molar-refractivity contribution in [2.24, 2.45) is 10.4 Å². The molecule has 0 bridgehead atoms. The maximum atomic E-state index is 13.8. The van der Waals surface area contributed by atoms with Gasteiger partial charge in [0.15, 0.2) is 5.96 Å². The number of nitriles is 1. The molecule has 1 aromatic rings. The van der Waals surface area contributed by atoms with Crippen molar-refractivity contribution in [2.75, 3.05) is 20.1 Å². The third kappa shape index (κ3) is 3.72. The van der Waals surface area contributed by atoms with Crippen molar-refractivity contribution in [3.8, 4) is 6.07 Å².